The fourth-order valence-electron chi connectivity index (χ4n) is 3.79. The van der Waals surface area contributed by atoms with Gasteiger partial charge >= 0.3 is 0 Å². The molecule has 1 atom stereocenters. The van der Waals surface area contributed by atoms with E-state index in [1.807, 2.05) is 0 Å². The number of carbonyl (C=O) groups is 1. The first kappa shape index (κ1) is 21.5. The van der Waals surface area contributed by atoms with E-state index in [4.69, 9.17) is 9.15 Å². The molecule has 1 aliphatic rings. The molecule has 0 radical (unpaired) electrons. The van der Waals surface area contributed by atoms with Gasteiger partial charge in [-0.25, -0.2) is 0 Å². The number of aryl methyl sites for hydroxylation is 1. The summed E-state index contributed by atoms with van der Waals surface area (Å²) in [6, 6.07) is 3.96. The topological polar surface area (TPSA) is 85.4 Å². The highest BCUT2D eigenvalue weighted by atomic mass is 16.5. The normalized spacial score (nSPS) is 15.9. The van der Waals surface area contributed by atoms with Gasteiger partial charge in [0.2, 0.25) is 5.91 Å². The van der Waals surface area contributed by atoms with Crippen molar-refractivity contribution in [1.29, 1.82) is 0 Å². The van der Waals surface area contributed by atoms with Crippen molar-refractivity contribution in [3.8, 4) is 0 Å². The van der Waals surface area contributed by atoms with Gasteiger partial charge in [-0.3, -0.25) is 9.69 Å². The average molecular weight is 404 g/mol. The molecule has 0 saturated carbocycles. The van der Waals surface area contributed by atoms with Crippen LogP contribution in [0.3, 0.4) is 0 Å². The lowest BCUT2D eigenvalue weighted by atomic mass is 10.0. The minimum absolute atomic E-state index is 0.0479. The van der Waals surface area contributed by atoms with Crippen LogP contribution in [0.1, 0.15) is 56.4 Å². The number of aromatic nitrogens is 3. The summed E-state index contributed by atoms with van der Waals surface area (Å²) in [6.45, 7) is 9.83. The molecule has 1 unspecified atom stereocenters. The Labute approximate surface area is 172 Å². The van der Waals surface area contributed by atoms with Crippen LogP contribution in [0.25, 0.3) is 0 Å². The number of hydrogen-bond donors (Lipinski definition) is 1. The van der Waals surface area contributed by atoms with E-state index in [-0.39, 0.29) is 18.6 Å². The highest BCUT2D eigenvalue weighted by Crippen LogP contribution is 2.23. The molecule has 0 saturated heterocycles. The average Bonchev–Trinajstić information content (AvgIpc) is 3.25. The third-order valence-corrected chi connectivity index (χ3v) is 5.22. The zero-order valence-electron chi connectivity index (χ0n) is 18.0. The highest BCUT2D eigenvalue weighted by molar-refractivity contribution is 5.77. The van der Waals surface area contributed by atoms with Crippen molar-refractivity contribution in [3.05, 3.63) is 35.3 Å². The number of carbonyl (C=O) groups excluding carboxylic acids is 1. The zero-order chi connectivity index (χ0) is 20.8. The Morgan fingerprint density at radius 3 is 2.72 bits per heavy atom. The number of nitrogens with one attached hydrogen (secondary N) is 1. The fourth-order valence-corrected chi connectivity index (χ4v) is 3.79. The second kappa shape index (κ2) is 10.0. The summed E-state index contributed by atoms with van der Waals surface area (Å²) in [6.07, 6.45) is 2.55. The lowest BCUT2D eigenvalue weighted by Gasteiger charge is -2.22. The third-order valence-electron chi connectivity index (χ3n) is 5.22. The predicted molar refractivity (Wildman–Crippen MR) is 109 cm³/mol. The Morgan fingerprint density at radius 2 is 2.03 bits per heavy atom. The second-order valence-electron chi connectivity index (χ2n) is 8.06. The summed E-state index contributed by atoms with van der Waals surface area (Å²) in [5, 5.41) is 12.0. The van der Waals surface area contributed by atoms with Gasteiger partial charge in [-0.2, -0.15) is 0 Å². The number of ether oxygens (including phenoxy) is 1. The fraction of sp³-hybridized carbons (Fsp3) is 0.667. The van der Waals surface area contributed by atoms with E-state index >= 15 is 0 Å². The summed E-state index contributed by atoms with van der Waals surface area (Å²) < 4.78 is 13.0. The quantitative estimate of drug-likeness (QED) is 0.692. The summed E-state index contributed by atoms with van der Waals surface area (Å²) in [4.78, 5) is 14.5. The molecule has 0 spiro atoms. The van der Waals surface area contributed by atoms with Crippen molar-refractivity contribution in [3.63, 3.8) is 0 Å². The Morgan fingerprint density at radius 1 is 1.24 bits per heavy atom. The number of methoxy groups -OCH3 is 1. The monoisotopic (exact) mass is 403 g/mol. The molecule has 2 aromatic heterocycles. The first-order valence-electron chi connectivity index (χ1n) is 10.5. The number of fused-ring (bicyclic) bond motifs is 1. The van der Waals surface area contributed by atoms with Crippen LogP contribution in [-0.2, 0) is 35.5 Å². The maximum Gasteiger partial charge on any atom is 0.246 e. The first-order chi connectivity index (χ1) is 14.0. The Bertz CT molecular complexity index is 798. The molecule has 1 aliphatic heterocycles. The molecule has 3 heterocycles. The highest BCUT2D eigenvalue weighted by Gasteiger charge is 2.26. The van der Waals surface area contributed by atoms with Gasteiger partial charge in [-0.1, -0.05) is 20.8 Å². The number of furan rings is 1. The van der Waals surface area contributed by atoms with E-state index in [1.54, 1.807) is 0 Å². The molecule has 3 rings (SSSR count). The van der Waals surface area contributed by atoms with Crippen molar-refractivity contribution in [2.24, 2.45) is 5.92 Å². The largest absolute Gasteiger partial charge is 0.465 e. The summed E-state index contributed by atoms with van der Waals surface area (Å²) in [5.74, 6) is 4.14. The van der Waals surface area contributed by atoms with Crippen molar-refractivity contribution in [1.82, 2.24) is 25.0 Å². The van der Waals surface area contributed by atoms with Crippen molar-refractivity contribution < 1.29 is 13.9 Å². The maximum absolute atomic E-state index is 12.1. The third kappa shape index (κ3) is 5.67. The molecule has 0 aliphatic carbocycles. The van der Waals surface area contributed by atoms with Gasteiger partial charge in [0.25, 0.3) is 0 Å². The maximum atomic E-state index is 12.1. The van der Waals surface area contributed by atoms with Gasteiger partial charge in [-0.15, -0.1) is 10.2 Å². The van der Waals surface area contributed by atoms with E-state index < -0.39 is 0 Å². The van der Waals surface area contributed by atoms with E-state index in [0.29, 0.717) is 5.92 Å². The number of rotatable bonds is 9. The van der Waals surface area contributed by atoms with Crippen LogP contribution < -0.4 is 5.32 Å². The van der Waals surface area contributed by atoms with Gasteiger partial charge in [0.15, 0.2) is 5.82 Å². The Balaban J connectivity index is 1.70. The molecule has 1 amide bonds. The van der Waals surface area contributed by atoms with Crippen molar-refractivity contribution in [2.75, 3.05) is 26.8 Å². The van der Waals surface area contributed by atoms with E-state index in [0.717, 1.165) is 68.6 Å². The zero-order valence-corrected chi connectivity index (χ0v) is 18.0. The van der Waals surface area contributed by atoms with Crippen molar-refractivity contribution >= 4 is 5.91 Å². The molecule has 0 aromatic carbocycles. The van der Waals surface area contributed by atoms with Crippen molar-refractivity contribution in [2.45, 2.75) is 59.2 Å². The van der Waals surface area contributed by atoms with Gasteiger partial charge in [-0.05, 0) is 24.5 Å². The second-order valence-corrected chi connectivity index (χ2v) is 8.06. The van der Waals surface area contributed by atoms with Crippen LogP contribution in [0.15, 0.2) is 16.5 Å². The summed E-state index contributed by atoms with van der Waals surface area (Å²) in [7, 11) is 1.53. The van der Waals surface area contributed by atoms with Crippen LogP contribution in [0.5, 0.6) is 0 Å². The molecule has 8 heteroatoms. The Hall–Kier alpha value is -2.19. The summed E-state index contributed by atoms with van der Waals surface area (Å²) in [5.41, 5.74) is 0. The molecule has 160 valence electrons. The predicted octanol–water partition coefficient (Wildman–Crippen LogP) is 2.34. The number of amides is 1. The SMILES string of the molecule is CCc1ccc(CN2CCc3nnc(C(CC(C)C)NC(=O)COC)n3CC2)o1. The van der Waals surface area contributed by atoms with Crippen LogP contribution in [0.2, 0.25) is 0 Å². The van der Waals surface area contributed by atoms with E-state index in [9.17, 15) is 4.79 Å². The molecule has 0 fully saturated rings. The summed E-state index contributed by atoms with van der Waals surface area (Å²) >= 11 is 0. The van der Waals surface area contributed by atoms with E-state index in [2.05, 4.69) is 57.9 Å². The minimum atomic E-state index is -0.164. The van der Waals surface area contributed by atoms with E-state index in [1.165, 1.54) is 7.11 Å². The molecule has 8 nitrogen and oxygen atoms in total. The lowest BCUT2D eigenvalue weighted by molar-refractivity contribution is -0.125. The molecule has 2 aromatic rings. The first-order valence-corrected chi connectivity index (χ1v) is 10.5. The van der Waals surface area contributed by atoms with Gasteiger partial charge in [0, 0.05) is 39.6 Å². The smallest absolute Gasteiger partial charge is 0.246 e. The van der Waals surface area contributed by atoms with Gasteiger partial charge in [0.1, 0.15) is 24.0 Å². The Kier molecular flexibility index (Phi) is 7.44. The number of hydrogen-bond acceptors (Lipinski definition) is 6. The van der Waals surface area contributed by atoms with Gasteiger partial charge in [0.05, 0.1) is 12.6 Å². The molecule has 29 heavy (non-hydrogen) atoms. The standard InChI is InChI=1S/C21H33N5O3/c1-5-16-6-7-17(29-16)13-25-9-8-19-23-24-21(26(19)11-10-25)18(12-15(2)3)22-20(27)14-28-4/h6-7,15,18H,5,8-14H2,1-4H3,(H,22,27). The molecule has 0 bridgehead atoms. The van der Waals surface area contributed by atoms with Crippen LogP contribution >= 0.6 is 0 Å². The van der Waals surface area contributed by atoms with Crippen LogP contribution in [-0.4, -0.2) is 52.4 Å². The lowest BCUT2D eigenvalue weighted by Crippen LogP contribution is -2.34. The molecular weight excluding hydrogens is 370 g/mol. The van der Waals surface area contributed by atoms with Crippen LogP contribution in [0.4, 0.5) is 0 Å². The van der Waals surface area contributed by atoms with Crippen LogP contribution in [0, 0.1) is 5.92 Å². The number of nitrogens with zero attached hydrogens (tertiary/aromatic N) is 4. The molecule has 1 N–H and O–H groups in total. The molecular formula is C21H33N5O3. The minimum Gasteiger partial charge on any atom is -0.465 e. The van der Waals surface area contributed by atoms with Gasteiger partial charge < -0.3 is 19.0 Å².